The number of morpholine rings is 1. The first kappa shape index (κ1) is 24.9. The minimum Gasteiger partial charge on any atom is -0.377 e. The second kappa shape index (κ2) is 9.70. The molecule has 2 N–H and O–H groups in total. The molecule has 0 unspecified atom stereocenters. The van der Waals surface area contributed by atoms with Crippen molar-refractivity contribution in [2.45, 2.75) is 44.9 Å². The van der Waals surface area contributed by atoms with Crippen molar-refractivity contribution in [1.82, 2.24) is 30.0 Å². The molecule has 3 aromatic heterocycles. The predicted molar refractivity (Wildman–Crippen MR) is 139 cm³/mol. The van der Waals surface area contributed by atoms with Crippen LogP contribution in [0.3, 0.4) is 0 Å². The SMILES string of the molecule is Cc1c(-c2cc(N3CCOC[C@H]3C)nc(-c3cccc4[nH]ccc34)n2)c(C(F)(F)F)nn1C1CCNCC1. The number of piperidine rings is 1. The third kappa shape index (κ3) is 4.43. The summed E-state index contributed by atoms with van der Waals surface area (Å²) in [6, 6.07) is 9.26. The van der Waals surface area contributed by atoms with E-state index in [1.165, 1.54) is 0 Å². The number of H-pyrrole nitrogens is 1. The monoisotopic (exact) mass is 525 g/mol. The van der Waals surface area contributed by atoms with Crippen molar-refractivity contribution in [2.24, 2.45) is 0 Å². The van der Waals surface area contributed by atoms with E-state index in [1.807, 2.05) is 37.4 Å². The fraction of sp³-hybridized carbons (Fsp3) is 0.444. The summed E-state index contributed by atoms with van der Waals surface area (Å²) in [4.78, 5) is 14.9. The maximum Gasteiger partial charge on any atom is 0.435 e. The van der Waals surface area contributed by atoms with Crippen molar-refractivity contribution in [2.75, 3.05) is 37.7 Å². The third-order valence-electron chi connectivity index (χ3n) is 7.54. The van der Waals surface area contributed by atoms with Gasteiger partial charge in [0.25, 0.3) is 0 Å². The van der Waals surface area contributed by atoms with Crippen LogP contribution in [0, 0.1) is 6.92 Å². The highest BCUT2D eigenvalue weighted by Gasteiger charge is 2.40. The highest BCUT2D eigenvalue weighted by Crippen LogP contribution is 2.41. The molecule has 200 valence electrons. The van der Waals surface area contributed by atoms with Crippen LogP contribution >= 0.6 is 0 Å². The molecule has 0 saturated carbocycles. The maximum atomic E-state index is 14.4. The average molecular weight is 526 g/mol. The number of benzene rings is 1. The van der Waals surface area contributed by atoms with Gasteiger partial charge in [-0.2, -0.15) is 18.3 Å². The van der Waals surface area contributed by atoms with Crippen molar-refractivity contribution in [3.63, 3.8) is 0 Å². The van der Waals surface area contributed by atoms with E-state index in [2.05, 4.69) is 20.3 Å². The van der Waals surface area contributed by atoms with Gasteiger partial charge in [0, 0.05) is 41.0 Å². The molecule has 4 aromatic rings. The zero-order valence-corrected chi connectivity index (χ0v) is 21.3. The Balaban J connectivity index is 1.57. The number of hydrogen-bond acceptors (Lipinski definition) is 6. The number of aromatic nitrogens is 5. The molecule has 2 fully saturated rings. The Morgan fingerprint density at radius 2 is 1.92 bits per heavy atom. The molecular weight excluding hydrogens is 495 g/mol. The lowest BCUT2D eigenvalue weighted by molar-refractivity contribution is -0.141. The number of ether oxygens (including phenoxy) is 1. The van der Waals surface area contributed by atoms with Crippen molar-refractivity contribution in [1.29, 1.82) is 0 Å². The van der Waals surface area contributed by atoms with Gasteiger partial charge in [-0.3, -0.25) is 4.68 Å². The summed E-state index contributed by atoms with van der Waals surface area (Å²) in [6.45, 7) is 6.86. The first-order valence-electron chi connectivity index (χ1n) is 13.0. The molecule has 11 heteroatoms. The first-order valence-corrected chi connectivity index (χ1v) is 13.0. The molecule has 6 rings (SSSR count). The number of rotatable bonds is 4. The van der Waals surface area contributed by atoms with Crippen molar-refractivity contribution in [3.05, 3.63) is 47.9 Å². The van der Waals surface area contributed by atoms with Crippen molar-refractivity contribution in [3.8, 4) is 22.6 Å². The summed E-state index contributed by atoms with van der Waals surface area (Å²) >= 11 is 0. The number of anilines is 1. The fourth-order valence-electron chi connectivity index (χ4n) is 5.61. The molecule has 38 heavy (non-hydrogen) atoms. The number of aromatic amines is 1. The molecule has 0 spiro atoms. The Labute approximate surface area is 218 Å². The summed E-state index contributed by atoms with van der Waals surface area (Å²) in [5.74, 6) is 0.957. The van der Waals surface area contributed by atoms with E-state index in [0.29, 0.717) is 37.1 Å². The van der Waals surface area contributed by atoms with E-state index in [1.54, 1.807) is 17.7 Å². The van der Waals surface area contributed by atoms with Gasteiger partial charge in [-0.15, -0.1) is 0 Å². The molecule has 0 amide bonds. The van der Waals surface area contributed by atoms with Crippen LogP contribution in [0.4, 0.5) is 19.0 Å². The van der Waals surface area contributed by atoms with Crippen molar-refractivity contribution >= 4 is 16.7 Å². The Hall–Kier alpha value is -3.44. The fourth-order valence-corrected chi connectivity index (χ4v) is 5.61. The topological polar surface area (TPSA) is 83.9 Å². The molecule has 0 bridgehead atoms. The molecular formula is C27H30F3N7O. The van der Waals surface area contributed by atoms with Gasteiger partial charge in [-0.25, -0.2) is 9.97 Å². The summed E-state index contributed by atoms with van der Waals surface area (Å²) in [5.41, 5.74) is 1.46. The summed E-state index contributed by atoms with van der Waals surface area (Å²) < 4.78 is 50.5. The van der Waals surface area contributed by atoms with Crippen molar-refractivity contribution < 1.29 is 17.9 Å². The lowest BCUT2D eigenvalue weighted by Crippen LogP contribution is -2.44. The number of nitrogens with one attached hydrogen (secondary N) is 2. The first-order chi connectivity index (χ1) is 18.3. The van der Waals surface area contributed by atoms with Gasteiger partial charge < -0.3 is 19.9 Å². The second-order valence-corrected chi connectivity index (χ2v) is 10.0. The Kier molecular flexibility index (Phi) is 6.35. The zero-order valence-electron chi connectivity index (χ0n) is 21.3. The number of alkyl halides is 3. The minimum absolute atomic E-state index is 0.0167. The quantitative estimate of drug-likeness (QED) is 0.392. The van der Waals surface area contributed by atoms with Gasteiger partial charge in [0.05, 0.1) is 36.6 Å². The van der Waals surface area contributed by atoms with E-state index >= 15 is 0 Å². The molecule has 2 saturated heterocycles. The normalized spacial score (nSPS) is 19.4. The van der Waals surface area contributed by atoms with Gasteiger partial charge in [0.2, 0.25) is 0 Å². The van der Waals surface area contributed by atoms with Crippen LogP contribution < -0.4 is 10.2 Å². The van der Waals surface area contributed by atoms with Crippen LogP contribution in [0.5, 0.6) is 0 Å². The standard InChI is InChI=1S/C27H30F3N7O/c1-16-15-38-13-12-36(16)23-14-22(33-26(34-23)20-4-3-5-21-19(20)8-11-32-21)24-17(2)37(18-6-9-31-10-7-18)35-25(24)27(28,29)30/h3-5,8,11,14,16,18,31-32H,6-7,9-10,12-13,15H2,1-2H3/t16-/m1/s1. The predicted octanol–water partition coefficient (Wildman–Crippen LogP) is 4.97. The Morgan fingerprint density at radius 3 is 2.68 bits per heavy atom. The summed E-state index contributed by atoms with van der Waals surface area (Å²) in [6.07, 6.45) is -1.35. The lowest BCUT2D eigenvalue weighted by atomic mass is 10.0. The van der Waals surface area contributed by atoms with E-state index in [9.17, 15) is 13.2 Å². The number of halogens is 3. The largest absolute Gasteiger partial charge is 0.435 e. The average Bonchev–Trinajstić information content (AvgIpc) is 3.53. The van der Waals surface area contributed by atoms with Gasteiger partial charge >= 0.3 is 6.18 Å². The van der Waals surface area contributed by atoms with E-state index in [4.69, 9.17) is 14.7 Å². The van der Waals surface area contributed by atoms with Crippen LogP contribution in [-0.4, -0.2) is 63.6 Å². The number of nitrogens with zero attached hydrogens (tertiary/aromatic N) is 5. The smallest absolute Gasteiger partial charge is 0.377 e. The molecule has 1 atom stereocenters. The maximum absolute atomic E-state index is 14.4. The Morgan fingerprint density at radius 1 is 1.11 bits per heavy atom. The minimum atomic E-state index is -4.63. The molecule has 8 nitrogen and oxygen atoms in total. The highest BCUT2D eigenvalue weighted by atomic mass is 19.4. The van der Waals surface area contributed by atoms with Crippen LogP contribution in [0.1, 0.15) is 37.2 Å². The van der Waals surface area contributed by atoms with E-state index in [0.717, 1.165) is 42.4 Å². The van der Waals surface area contributed by atoms with Gasteiger partial charge in [-0.05, 0) is 51.9 Å². The van der Waals surface area contributed by atoms with Crippen LogP contribution in [0.25, 0.3) is 33.5 Å². The molecule has 2 aliphatic rings. The molecule has 1 aromatic carbocycles. The van der Waals surface area contributed by atoms with E-state index < -0.39 is 11.9 Å². The second-order valence-electron chi connectivity index (χ2n) is 10.0. The Bertz CT molecular complexity index is 1450. The third-order valence-corrected chi connectivity index (χ3v) is 7.54. The molecule has 0 aliphatic carbocycles. The van der Waals surface area contributed by atoms with Crippen LogP contribution in [-0.2, 0) is 10.9 Å². The lowest BCUT2D eigenvalue weighted by Gasteiger charge is -2.34. The van der Waals surface area contributed by atoms with Gasteiger partial charge in [-0.1, -0.05) is 12.1 Å². The number of hydrogen-bond donors (Lipinski definition) is 2. The van der Waals surface area contributed by atoms with Crippen LogP contribution in [0.15, 0.2) is 36.5 Å². The summed E-state index contributed by atoms with van der Waals surface area (Å²) in [5, 5.41) is 8.32. The molecule has 2 aliphatic heterocycles. The number of fused-ring (bicyclic) bond motifs is 1. The van der Waals surface area contributed by atoms with Gasteiger partial charge in [0.1, 0.15) is 5.82 Å². The molecule has 5 heterocycles. The molecule has 0 radical (unpaired) electrons. The highest BCUT2D eigenvalue weighted by molar-refractivity contribution is 5.93. The van der Waals surface area contributed by atoms with Gasteiger partial charge in [0.15, 0.2) is 11.5 Å². The van der Waals surface area contributed by atoms with E-state index in [-0.39, 0.29) is 23.3 Å². The van der Waals surface area contributed by atoms with Crippen LogP contribution in [0.2, 0.25) is 0 Å². The summed E-state index contributed by atoms with van der Waals surface area (Å²) in [7, 11) is 0. The zero-order chi connectivity index (χ0) is 26.4.